The van der Waals surface area contributed by atoms with Crippen molar-refractivity contribution in [2.45, 2.75) is 0 Å². The van der Waals surface area contributed by atoms with E-state index in [0.29, 0.717) is 0 Å². The van der Waals surface area contributed by atoms with Crippen molar-refractivity contribution >= 4 is 66.0 Å². The van der Waals surface area contributed by atoms with Gasteiger partial charge < -0.3 is 9.47 Å². The maximum absolute atomic E-state index is 4.23. The summed E-state index contributed by atoms with van der Waals surface area (Å²) in [6.45, 7) is 8.19. The topological polar surface area (TPSA) is 8.17 Å². The first-order chi connectivity index (χ1) is 24.7. The molecule has 1 heterocycles. The summed E-state index contributed by atoms with van der Waals surface area (Å²) in [5.74, 6) is 0. The van der Waals surface area contributed by atoms with Crippen LogP contribution in [0, 0.1) is 0 Å². The lowest BCUT2D eigenvalue weighted by Gasteiger charge is -2.27. The summed E-state index contributed by atoms with van der Waals surface area (Å²) in [5, 5.41) is 7.49. The van der Waals surface area contributed by atoms with Gasteiger partial charge in [-0.25, -0.2) is 0 Å². The van der Waals surface area contributed by atoms with Crippen molar-refractivity contribution < 1.29 is 0 Å². The highest BCUT2D eigenvalue weighted by Crippen LogP contribution is 2.40. The number of para-hydroxylation sites is 2. The molecule has 0 N–H and O–H groups in total. The Kier molecular flexibility index (Phi) is 7.14. The molecule has 50 heavy (non-hydrogen) atoms. The maximum Gasteiger partial charge on any atom is 0.0541 e. The summed E-state index contributed by atoms with van der Waals surface area (Å²) in [5.41, 5.74) is 11.1. The van der Waals surface area contributed by atoms with Crippen molar-refractivity contribution in [1.29, 1.82) is 0 Å². The predicted octanol–water partition coefficient (Wildman–Crippen LogP) is 13.4. The van der Waals surface area contributed by atoms with Gasteiger partial charge in [0.25, 0.3) is 0 Å². The van der Waals surface area contributed by atoms with E-state index in [1.54, 1.807) is 0 Å². The molecule has 0 bridgehead atoms. The third kappa shape index (κ3) is 4.98. The predicted molar refractivity (Wildman–Crippen MR) is 215 cm³/mol. The molecule has 0 saturated carbocycles. The average molecular weight is 639 g/mol. The fourth-order valence-corrected chi connectivity index (χ4v) is 7.38. The molecular formula is C48H34N2. The molecule has 0 aliphatic rings. The molecule has 0 saturated heterocycles. The second-order valence-corrected chi connectivity index (χ2v) is 12.8. The number of allylic oxidation sites excluding steroid dienone is 2. The summed E-state index contributed by atoms with van der Waals surface area (Å²) in [6, 6.07) is 63.4. The molecule has 0 radical (unpaired) electrons. The fraction of sp³-hybridized carbons (Fsp3) is 0. The third-order valence-electron chi connectivity index (χ3n) is 9.85. The Morgan fingerprint density at radius 3 is 1.84 bits per heavy atom. The largest absolute Gasteiger partial charge is 0.310 e. The molecule has 8 aromatic carbocycles. The molecule has 1 aromatic heterocycles. The van der Waals surface area contributed by atoms with Crippen LogP contribution < -0.4 is 4.90 Å². The quantitative estimate of drug-likeness (QED) is 0.125. The number of rotatable bonds is 7. The minimum atomic E-state index is 0.898. The van der Waals surface area contributed by atoms with Crippen molar-refractivity contribution in [3.63, 3.8) is 0 Å². The molecule has 236 valence electrons. The molecule has 2 nitrogen and oxygen atoms in total. The molecule has 0 amide bonds. The summed E-state index contributed by atoms with van der Waals surface area (Å²) < 4.78 is 2.37. The van der Waals surface area contributed by atoms with Crippen molar-refractivity contribution in [1.82, 2.24) is 4.57 Å². The molecule has 0 atom stereocenters. The van der Waals surface area contributed by atoms with Crippen LogP contribution in [-0.4, -0.2) is 4.57 Å². The molecular weight excluding hydrogens is 605 g/mol. The highest BCUT2D eigenvalue weighted by atomic mass is 15.1. The van der Waals surface area contributed by atoms with E-state index >= 15 is 0 Å². The van der Waals surface area contributed by atoms with Crippen molar-refractivity contribution in [2.75, 3.05) is 4.90 Å². The van der Waals surface area contributed by atoms with Gasteiger partial charge in [-0.1, -0.05) is 134 Å². The number of hydrogen-bond donors (Lipinski definition) is 0. The Morgan fingerprint density at radius 1 is 0.460 bits per heavy atom. The fourth-order valence-electron chi connectivity index (χ4n) is 7.38. The highest BCUT2D eigenvalue weighted by molar-refractivity contribution is 6.10. The SMILES string of the molecule is C=CC(=C)c1cccc(N(c2ccc(-c3cccc(-n4c5ccccc5c5ccccc54)c3)cc2)c2ccc3c(ccc4ccccc43)c2)c1. The van der Waals surface area contributed by atoms with E-state index in [2.05, 4.69) is 199 Å². The van der Waals surface area contributed by atoms with Crippen molar-refractivity contribution in [3.8, 4) is 16.8 Å². The smallest absolute Gasteiger partial charge is 0.0541 e. The van der Waals surface area contributed by atoms with Gasteiger partial charge in [0.1, 0.15) is 0 Å². The van der Waals surface area contributed by atoms with E-state index in [4.69, 9.17) is 0 Å². The second-order valence-electron chi connectivity index (χ2n) is 12.8. The number of aromatic nitrogens is 1. The molecule has 0 fully saturated rings. The van der Waals surface area contributed by atoms with Crippen LogP contribution in [0.1, 0.15) is 5.56 Å². The van der Waals surface area contributed by atoms with Gasteiger partial charge in [-0.3, -0.25) is 0 Å². The summed E-state index contributed by atoms with van der Waals surface area (Å²) >= 11 is 0. The van der Waals surface area contributed by atoms with E-state index in [1.807, 2.05) is 6.08 Å². The van der Waals surface area contributed by atoms with Crippen molar-refractivity contribution in [2.24, 2.45) is 0 Å². The average Bonchev–Trinajstić information content (AvgIpc) is 3.52. The third-order valence-corrected chi connectivity index (χ3v) is 9.85. The van der Waals surface area contributed by atoms with Gasteiger partial charge in [0.15, 0.2) is 0 Å². The van der Waals surface area contributed by atoms with Gasteiger partial charge in [-0.05, 0) is 104 Å². The van der Waals surface area contributed by atoms with Gasteiger partial charge in [0, 0.05) is 33.5 Å². The Morgan fingerprint density at radius 2 is 1.08 bits per heavy atom. The van der Waals surface area contributed by atoms with Crippen LogP contribution in [-0.2, 0) is 0 Å². The maximum atomic E-state index is 4.23. The lowest BCUT2D eigenvalue weighted by molar-refractivity contribution is 1.18. The molecule has 0 spiro atoms. The van der Waals surface area contributed by atoms with E-state index in [0.717, 1.165) is 39.4 Å². The second kappa shape index (κ2) is 12.1. The van der Waals surface area contributed by atoms with Gasteiger partial charge in [-0.15, -0.1) is 0 Å². The zero-order chi connectivity index (χ0) is 33.6. The molecule has 0 aliphatic carbocycles. The summed E-state index contributed by atoms with van der Waals surface area (Å²) in [6.07, 6.45) is 1.81. The Hall–Kier alpha value is -6.64. The van der Waals surface area contributed by atoms with E-state index in [9.17, 15) is 0 Å². The minimum Gasteiger partial charge on any atom is -0.310 e. The molecule has 9 aromatic rings. The van der Waals surface area contributed by atoms with E-state index < -0.39 is 0 Å². The van der Waals surface area contributed by atoms with Gasteiger partial charge in [0.2, 0.25) is 0 Å². The number of anilines is 3. The summed E-state index contributed by atoms with van der Waals surface area (Å²) in [4.78, 5) is 2.33. The highest BCUT2D eigenvalue weighted by Gasteiger charge is 2.16. The van der Waals surface area contributed by atoms with Crippen LogP contribution in [0.3, 0.4) is 0 Å². The van der Waals surface area contributed by atoms with Crippen LogP contribution in [0.4, 0.5) is 17.1 Å². The van der Waals surface area contributed by atoms with Crippen LogP contribution in [0.25, 0.3) is 65.7 Å². The molecule has 0 aliphatic heterocycles. The van der Waals surface area contributed by atoms with Gasteiger partial charge in [-0.2, -0.15) is 0 Å². The van der Waals surface area contributed by atoms with E-state index in [1.165, 1.54) is 48.9 Å². The minimum absolute atomic E-state index is 0.898. The summed E-state index contributed by atoms with van der Waals surface area (Å²) in [7, 11) is 0. The Bertz CT molecular complexity index is 2690. The van der Waals surface area contributed by atoms with Crippen LogP contribution >= 0.6 is 0 Å². The van der Waals surface area contributed by atoms with Gasteiger partial charge in [0.05, 0.1) is 11.0 Å². The van der Waals surface area contributed by atoms with Crippen LogP contribution in [0.5, 0.6) is 0 Å². The van der Waals surface area contributed by atoms with Crippen LogP contribution in [0.15, 0.2) is 195 Å². The first-order valence-electron chi connectivity index (χ1n) is 17.0. The standard InChI is InChI=1S/C48H34N2/c1-3-33(2)36-13-10-15-40(30-36)49(42-28-29-44-38(32-42)23-22-35-12-4-5-17-43(35)44)39-26-24-34(25-27-39)37-14-11-16-41(31-37)50-47-20-8-6-18-45(47)46-19-7-9-21-48(46)50/h3-32H,1-2H2. The van der Waals surface area contributed by atoms with Gasteiger partial charge >= 0.3 is 0 Å². The first-order valence-corrected chi connectivity index (χ1v) is 17.0. The van der Waals surface area contributed by atoms with Crippen molar-refractivity contribution in [3.05, 3.63) is 201 Å². The Balaban J connectivity index is 1.14. The number of nitrogens with zero attached hydrogens (tertiary/aromatic N) is 2. The zero-order valence-corrected chi connectivity index (χ0v) is 27.6. The first kappa shape index (κ1) is 29.5. The number of fused-ring (bicyclic) bond motifs is 6. The number of benzene rings is 8. The number of hydrogen-bond acceptors (Lipinski definition) is 1. The van der Waals surface area contributed by atoms with Crippen LogP contribution in [0.2, 0.25) is 0 Å². The molecule has 2 heteroatoms. The monoisotopic (exact) mass is 638 g/mol. The Labute approximate surface area is 292 Å². The lowest BCUT2D eigenvalue weighted by atomic mass is 10.0. The normalized spacial score (nSPS) is 11.4. The van der Waals surface area contributed by atoms with E-state index in [-0.39, 0.29) is 0 Å². The lowest BCUT2D eigenvalue weighted by Crippen LogP contribution is -2.10. The zero-order valence-electron chi connectivity index (χ0n) is 27.6. The molecule has 9 rings (SSSR count). The molecule has 0 unspecified atom stereocenters.